The summed E-state index contributed by atoms with van der Waals surface area (Å²) in [6, 6.07) is 11.8. The van der Waals surface area contributed by atoms with Gasteiger partial charge in [0.25, 0.3) is 0 Å². The molecular formula is C18H15N5O2. The minimum atomic E-state index is -0.146. The van der Waals surface area contributed by atoms with Crippen molar-refractivity contribution in [3.63, 3.8) is 0 Å². The molecule has 3 aromatic heterocycles. The summed E-state index contributed by atoms with van der Waals surface area (Å²) in [7, 11) is 0. The Balaban J connectivity index is 1.59. The van der Waals surface area contributed by atoms with E-state index in [0.29, 0.717) is 16.7 Å². The second-order valence-corrected chi connectivity index (χ2v) is 5.57. The number of ether oxygens (including phenoxy) is 1. The molecule has 0 radical (unpaired) electrons. The van der Waals surface area contributed by atoms with Gasteiger partial charge in [0.05, 0.1) is 35.5 Å². The minimum absolute atomic E-state index is 0.0462. The van der Waals surface area contributed by atoms with Crippen LogP contribution in [0.4, 0.5) is 0 Å². The van der Waals surface area contributed by atoms with Crippen LogP contribution in [0.2, 0.25) is 0 Å². The average Bonchev–Trinajstić information content (AvgIpc) is 3.10. The summed E-state index contributed by atoms with van der Waals surface area (Å²) < 4.78 is 7.44. The molecule has 1 aromatic carbocycles. The van der Waals surface area contributed by atoms with Crippen molar-refractivity contribution in [3.8, 4) is 17.6 Å². The predicted molar refractivity (Wildman–Crippen MR) is 91.6 cm³/mol. The number of aromatic hydroxyl groups is 1. The fourth-order valence-electron chi connectivity index (χ4n) is 2.56. The quantitative estimate of drug-likeness (QED) is 0.616. The second-order valence-electron chi connectivity index (χ2n) is 5.57. The first-order valence-corrected chi connectivity index (χ1v) is 7.78. The molecule has 7 heteroatoms. The largest absolute Gasteiger partial charge is 0.493 e. The number of hydrogen-bond acceptors (Lipinski definition) is 6. The van der Waals surface area contributed by atoms with E-state index in [4.69, 9.17) is 4.74 Å². The SMILES string of the molecule is C[C@H](c1ccccc1)n1cc(Oc2nc(O)c3ccncc3n2)cn1. The van der Waals surface area contributed by atoms with Gasteiger partial charge in [-0.05, 0) is 18.6 Å². The van der Waals surface area contributed by atoms with Crippen LogP contribution in [-0.2, 0) is 0 Å². The van der Waals surface area contributed by atoms with Gasteiger partial charge in [-0.1, -0.05) is 30.3 Å². The van der Waals surface area contributed by atoms with Crippen molar-refractivity contribution in [1.29, 1.82) is 0 Å². The van der Waals surface area contributed by atoms with E-state index in [0.717, 1.165) is 5.56 Å². The van der Waals surface area contributed by atoms with Crippen LogP contribution in [0.5, 0.6) is 17.6 Å². The standard InChI is InChI=1S/C18H15N5O2/c1-12(13-5-3-2-4-6-13)23-11-14(9-20-23)25-18-21-16-10-19-8-7-15(16)17(24)22-18/h2-12H,1H3,(H,21,22,24)/t12-/m1/s1. The van der Waals surface area contributed by atoms with Gasteiger partial charge in [-0.3, -0.25) is 9.67 Å². The predicted octanol–water partition coefficient (Wildman–Crippen LogP) is 3.33. The van der Waals surface area contributed by atoms with Gasteiger partial charge in [-0.25, -0.2) is 0 Å². The zero-order chi connectivity index (χ0) is 17.2. The van der Waals surface area contributed by atoms with E-state index in [-0.39, 0.29) is 17.9 Å². The molecular weight excluding hydrogens is 318 g/mol. The summed E-state index contributed by atoms with van der Waals surface area (Å²) in [5.41, 5.74) is 1.65. The van der Waals surface area contributed by atoms with Gasteiger partial charge < -0.3 is 9.84 Å². The van der Waals surface area contributed by atoms with Crippen LogP contribution in [0.25, 0.3) is 10.9 Å². The maximum Gasteiger partial charge on any atom is 0.326 e. The molecule has 124 valence electrons. The fraction of sp³-hybridized carbons (Fsp3) is 0.111. The summed E-state index contributed by atoms with van der Waals surface area (Å²) in [5, 5.41) is 14.9. The number of pyridine rings is 1. The maximum absolute atomic E-state index is 9.99. The Bertz CT molecular complexity index is 1020. The molecule has 0 amide bonds. The Hall–Kier alpha value is -3.48. The van der Waals surface area contributed by atoms with Crippen LogP contribution in [0.3, 0.4) is 0 Å². The van der Waals surface area contributed by atoms with Gasteiger partial charge in [0.1, 0.15) is 0 Å². The lowest BCUT2D eigenvalue weighted by molar-refractivity contribution is 0.411. The third-order valence-electron chi connectivity index (χ3n) is 3.92. The third kappa shape index (κ3) is 2.99. The Morgan fingerprint density at radius 3 is 2.76 bits per heavy atom. The highest BCUT2D eigenvalue weighted by Gasteiger charge is 2.12. The first kappa shape index (κ1) is 15.1. The van der Waals surface area contributed by atoms with Crippen molar-refractivity contribution in [2.75, 3.05) is 0 Å². The molecule has 0 unspecified atom stereocenters. The highest BCUT2D eigenvalue weighted by Crippen LogP contribution is 2.26. The molecule has 0 aliphatic carbocycles. The summed E-state index contributed by atoms with van der Waals surface area (Å²) in [4.78, 5) is 12.2. The van der Waals surface area contributed by atoms with E-state index in [9.17, 15) is 5.11 Å². The Morgan fingerprint density at radius 2 is 1.92 bits per heavy atom. The summed E-state index contributed by atoms with van der Waals surface area (Å²) in [5.74, 6) is 0.345. The first-order valence-electron chi connectivity index (χ1n) is 7.78. The third-order valence-corrected chi connectivity index (χ3v) is 3.92. The fourth-order valence-corrected chi connectivity index (χ4v) is 2.56. The molecule has 0 aliphatic heterocycles. The molecule has 1 atom stereocenters. The van der Waals surface area contributed by atoms with Crippen LogP contribution < -0.4 is 4.74 Å². The first-order chi connectivity index (χ1) is 12.2. The van der Waals surface area contributed by atoms with Crippen LogP contribution in [0, 0.1) is 0 Å². The lowest BCUT2D eigenvalue weighted by Crippen LogP contribution is -2.06. The molecule has 4 rings (SSSR count). The minimum Gasteiger partial charge on any atom is -0.493 e. The van der Waals surface area contributed by atoms with Crippen LogP contribution >= 0.6 is 0 Å². The zero-order valence-corrected chi connectivity index (χ0v) is 13.4. The molecule has 0 saturated carbocycles. The molecule has 0 spiro atoms. The number of rotatable bonds is 4. The Labute approximate surface area is 143 Å². The van der Waals surface area contributed by atoms with E-state index in [1.54, 1.807) is 35.5 Å². The van der Waals surface area contributed by atoms with Crippen molar-refractivity contribution < 1.29 is 9.84 Å². The molecule has 0 fully saturated rings. The molecule has 7 nitrogen and oxygen atoms in total. The van der Waals surface area contributed by atoms with E-state index >= 15 is 0 Å². The average molecular weight is 333 g/mol. The van der Waals surface area contributed by atoms with Crippen molar-refractivity contribution in [2.24, 2.45) is 0 Å². The maximum atomic E-state index is 9.99. The number of hydrogen-bond donors (Lipinski definition) is 1. The summed E-state index contributed by atoms with van der Waals surface area (Å²) in [6.07, 6.45) is 6.48. The highest BCUT2D eigenvalue weighted by molar-refractivity contribution is 5.82. The number of aromatic nitrogens is 5. The van der Waals surface area contributed by atoms with E-state index in [2.05, 4.69) is 27.0 Å². The van der Waals surface area contributed by atoms with E-state index in [1.807, 2.05) is 30.3 Å². The van der Waals surface area contributed by atoms with Crippen LogP contribution in [0.15, 0.2) is 61.2 Å². The van der Waals surface area contributed by atoms with Gasteiger partial charge in [-0.2, -0.15) is 15.1 Å². The molecule has 0 saturated heterocycles. The monoisotopic (exact) mass is 333 g/mol. The number of benzene rings is 1. The zero-order valence-electron chi connectivity index (χ0n) is 13.4. The summed E-state index contributed by atoms with van der Waals surface area (Å²) >= 11 is 0. The topological polar surface area (TPSA) is 86.0 Å². The molecule has 4 aromatic rings. The number of fused-ring (bicyclic) bond motifs is 1. The molecule has 25 heavy (non-hydrogen) atoms. The molecule has 0 bridgehead atoms. The second kappa shape index (κ2) is 6.20. The van der Waals surface area contributed by atoms with Gasteiger partial charge in [0.15, 0.2) is 5.75 Å². The van der Waals surface area contributed by atoms with E-state index < -0.39 is 0 Å². The van der Waals surface area contributed by atoms with Crippen molar-refractivity contribution in [3.05, 3.63) is 66.7 Å². The van der Waals surface area contributed by atoms with Crippen LogP contribution in [-0.4, -0.2) is 29.8 Å². The van der Waals surface area contributed by atoms with Crippen molar-refractivity contribution in [2.45, 2.75) is 13.0 Å². The van der Waals surface area contributed by atoms with Gasteiger partial charge in [0, 0.05) is 6.20 Å². The van der Waals surface area contributed by atoms with Gasteiger partial charge >= 0.3 is 6.01 Å². The lowest BCUT2D eigenvalue weighted by atomic mass is 10.1. The Kier molecular flexibility index (Phi) is 3.74. The molecule has 3 heterocycles. The smallest absolute Gasteiger partial charge is 0.326 e. The van der Waals surface area contributed by atoms with Gasteiger partial charge in [-0.15, -0.1) is 0 Å². The molecule has 1 N–H and O–H groups in total. The van der Waals surface area contributed by atoms with Crippen molar-refractivity contribution >= 4 is 10.9 Å². The molecule has 0 aliphatic rings. The number of nitrogens with zero attached hydrogens (tertiary/aromatic N) is 5. The van der Waals surface area contributed by atoms with Crippen LogP contribution in [0.1, 0.15) is 18.5 Å². The normalized spacial score (nSPS) is 12.2. The highest BCUT2D eigenvalue weighted by atomic mass is 16.5. The van der Waals surface area contributed by atoms with E-state index in [1.165, 1.54) is 0 Å². The summed E-state index contributed by atoms with van der Waals surface area (Å²) in [6.45, 7) is 2.05. The Morgan fingerprint density at radius 1 is 1.08 bits per heavy atom. The lowest BCUT2D eigenvalue weighted by Gasteiger charge is -2.11. The van der Waals surface area contributed by atoms with Crippen molar-refractivity contribution in [1.82, 2.24) is 24.7 Å². The van der Waals surface area contributed by atoms with Gasteiger partial charge in [0.2, 0.25) is 5.88 Å².